The minimum atomic E-state index is -0.454. The Kier molecular flexibility index (Phi) is 8.10. The molecular formula is C23H22BrClN4O3. The van der Waals surface area contributed by atoms with Crippen LogP contribution in [0.2, 0.25) is 5.02 Å². The average Bonchev–Trinajstić information content (AvgIpc) is 2.81. The summed E-state index contributed by atoms with van der Waals surface area (Å²) < 4.78 is 5.98. The lowest BCUT2D eigenvalue weighted by molar-refractivity contribution is 0.0972. The molecule has 2 amide bonds. The number of rotatable bonds is 3. The number of anilines is 2. The van der Waals surface area contributed by atoms with Gasteiger partial charge in [-0.15, -0.1) is 0 Å². The third-order valence-corrected chi connectivity index (χ3v) is 5.52. The lowest BCUT2D eigenvalue weighted by atomic mass is 9.92. The largest absolute Gasteiger partial charge is 0.497 e. The summed E-state index contributed by atoms with van der Waals surface area (Å²) in [5.41, 5.74) is 5.26. The quantitative estimate of drug-likeness (QED) is 0.208. The van der Waals surface area contributed by atoms with E-state index in [0.717, 1.165) is 21.5 Å². The van der Waals surface area contributed by atoms with Gasteiger partial charge in [-0.2, -0.15) is 0 Å². The second-order valence-corrected chi connectivity index (χ2v) is 8.24. The number of nitrogens with one attached hydrogen (secondary N) is 3. The van der Waals surface area contributed by atoms with Gasteiger partial charge in [0.15, 0.2) is 5.78 Å². The van der Waals surface area contributed by atoms with Crippen LogP contribution in [0.5, 0.6) is 5.75 Å². The lowest BCUT2D eigenvalue weighted by Crippen LogP contribution is -2.34. The highest BCUT2D eigenvalue weighted by atomic mass is 79.9. The zero-order valence-electron chi connectivity index (χ0n) is 17.2. The summed E-state index contributed by atoms with van der Waals surface area (Å²) in [6.07, 6.45) is 0.453. The van der Waals surface area contributed by atoms with Gasteiger partial charge in [-0.25, -0.2) is 10.6 Å². The highest BCUT2D eigenvalue weighted by molar-refractivity contribution is 9.10. The average molecular weight is 518 g/mol. The summed E-state index contributed by atoms with van der Waals surface area (Å²) in [5, 5.41) is 6.50. The number of benzene rings is 3. The Morgan fingerprint density at radius 3 is 2.44 bits per heavy atom. The number of hydrazine groups is 1. The molecule has 0 aliphatic carbocycles. The maximum atomic E-state index is 12.2. The highest BCUT2D eigenvalue weighted by Crippen LogP contribution is 2.34. The molecule has 5 N–H and O–H groups in total. The van der Waals surface area contributed by atoms with Gasteiger partial charge in [-0.1, -0.05) is 39.7 Å². The molecule has 0 aromatic heterocycles. The SMILES string of the molecule is COc1ccc(NC(=O)NN)cc1.O=C1CC(c2ccc(Br)cc2)Nc2ccc(Cl)cc21. The van der Waals surface area contributed by atoms with E-state index in [9.17, 15) is 9.59 Å². The Hall–Kier alpha value is -3.07. The summed E-state index contributed by atoms with van der Waals surface area (Å²) in [5.74, 6) is 5.75. The van der Waals surface area contributed by atoms with E-state index in [1.165, 1.54) is 0 Å². The summed E-state index contributed by atoms with van der Waals surface area (Å²) >= 11 is 9.34. The molecule has 3 aromatic rings. The Labute approximate surface area is 199 Å². The first-order valence-corrected chi connectivity index (χ1v) is 10.8. The molecule has 32 heavy (non-hydrogen) atoms. The summed E-state index contributed by atoms with van der Waals surface area (Å²) in [6.45, 7) is 0. The van der Waals surface area contributed by atoms with E-state index in [0.29, 0.717) is 22.7 Å². The van der Waals surface area contributed by atoms with Crippen LogP contribution in [0, 0.1) is 0 Å². The zero-order valence-corrected chi connectivity index (χ0v) is 19.5. The standard InChI is InChI=1S/C15H11BrClNO.C8H11N3O2/c16-10-3-1-9(2-4-10)14-8-15(19)12-7-11(17)5-6-13(12)18-14;1-13-7-4-2-6(3-5-7)10-8(12)11-9/h1-7,14,18H,8H2;2-5H,9H2,1H3,(H2,10,11,12). The van der Waals surface area contributed by atoms with Crippen molar-refractivity contribution in [3.8, 4) is 5.75 Å². The molecular weight excluding hydrogens is 496 g/mol. The van der Waals surface area contributed by atoms with Crippen molar-refractivity contribution >= 4 is 50.7 Å². The number of halogens is 2. The summed E-state index contributed by atoms with van der Waals surface area (Å²) in [6, 6.07) is 19.9. The number of carbonyl (C=O) groups is 2. The number of ketones is 1. The van der Waals surface area contributed by atoms with E-state index in [-0.39, 0.29) is 11.8 Å². The minimum absolute atomic E-state index is 0.0225. The van der Waals surface area contributed by atoms with Gasteiger partial charge in [-0.3, -0.25) is 10.2 Å². The van der Waals surface area contributed by atoms with Crippen molar-refractivity contribution < 1.29 is 14.3 Å². The number of methoxy groups -OCH3 is 1. The molecule has 0 spiro atoms. The maximum Gasteiger partial charge on any atom is 0.333 e. The normalized spacial score (nSPS) is 14.2. The molecule has 1 atom stereocenters. The van der Waals surface area contributed by atoms with Crippen molar-refractivity contribution in [1.29, 1.82) is 0 Å². The fraction of sp³-hybridized carbons (Fsp3) is 0.130. The second-order valence-electron chi connectivity index (χ2n) is 6.89. The lowest BCUT2D eigenvalue weighted by Gasteiger charge is -2.26. The van der Waals surface area contributed by atoms with Crippen LogP contribution in [0.1, 0.15) is 28.4 Å². The molecule has 166 valence electrons. The minimum Gasteiger partial charge on any atom is -0.497 e. The van der Waals surface area contributed by atoms with Crippen molar-refractivity contribution in [2.24, 2.45) is 5.84 Å². The van der Waals surface area contributed by atoms with Crippen LogP contribution < -0.4 is 26.6 Å². The Bertz CT molecular complexity index is 1090. The van der Waals surface area contributed by atoms with E-state index in [1.807, 2.05) is 35.8 Å². The molecule has 0 fully saturated rings. The predicted octanol–water partition coefficient (Wildman–Crippen LogP) is 5.53. The Morgan fingerprint density at radius 2 is 1.81 bits per heavy atom. The first-order chi connectivity index (χ1) is 15.4. The maximum absolute atomic E-state index is 12.2. The van der Waals surface area contributed by atoms with Crippen molar-refractivity contribution in [3.05, 3.63) is 87.4 Å². The summed E-state index contributed by atoms with van der Waals surface area (Å²) in [7, 11) is 1.58. The molecule has 0 saturated carbocycles. The number of ether oxygens (including phenoxy) is 1. The van der Waals surface area contributed by atoms with E-state index >= 15 is 0 Å². The van der Waals surface area contributed by atoms with Gasteiger partial charge in [0, 0.05) is 32.9 Å². The first kappa shape index (κ1) is 23.6. The van der Waals surface area contributed by atoms with Gasteiger partial charge in [0.2, 0.25) is 0 Å². The molecule has 1 unspecified atom stereocenters. The molecule has 0 saturated heterocycles. The van der Waals surface area contributed by atoms with Gasteiger partial charge in [0.05, 0.1) is 13.2 Å². The molecule has 1 aliphatic heterocycles. The van der Waals surface area contributed by atoms with Gasteiger partial charge in [0.25, 0.3) is 0 Å². The van der Waals surface area contributed by atoms with Crippen LogP contribution in [-0.4, -0.2) is 18.9 Å². The third kappa shape index (κ3) is 6.23. The fourth-order valence-electron chi connectivity index (χ4n) is 3.14. The van der Waals surface area contributed by atoms with Gasteiger partial charge < -0.3 is 15.4 Å². The van der Waals surface area contributed by atoms with Gasteiger partial charge in [0.1, 0.15) is 5.75 Å². The second kappa shape index (κ2) is 11.0. The number of nitrogens with two attached hydrogens (primary N) is 1. The van der Waals surface area contributed by atoms with Gasteiger partial charge >= 0.3 is 6.03 Å². The number of amides is 2. The molecule has 0 radical (unpaired) electrons. The van der Waals surface area contributed by atoms with E-state index < -0.39 is 6.03 Å². The van der Waals surface area contributed by atoms with Crippen LogP contribution in [0.15, 0.2) is 71.2 Å². The smallest absolute Gasteiger partial charge is 0.333 e. The molecule has 7 nitrogen and oxygen atoms in total. The molecule has 1 aliphatic rings. The molecule has 9 heteroatoms. The molecule has 0 bridgehead atoms. The fourth-order valence-corrected chi connectivity index (χ4v) is 3.58. The van der Waals surface area contributed by atoms with Crippen molar-refractivity contribution in [1.82, 2.24) is 5.43 Å². The predicted molar refractivity (Wildman–Crippen MR) is 130 cm³/mol. The number of hydrogen-bond donors (Lipinski definition) is 4. The van der Waals surface area contributed by atoms with E-state index in [4.69, 9.17) is 22.2 Å². The van der Waals surface area contributed by atoms with Crippen molar-refractivity contribution in [2.75, 3.05) is 17.7 Å². The van der Waals surface area contributed by atoms with Crippen molar-refractivity contribution in [2.45, 2.75) is 12.5 Å². The van der Waals surface area contributed by atoms with Crippen LogP contribution in [-0.2, 0) is 0 Å². The first-order valence-electron chi connectivity index (χ1n) is 9.66. The molecule has 3 aromatic carbocycles. The molecule has 1 heterocycles. The Balaban J connectivity index is 0.000000195. The number of hydrogen-bond acceptors (Lipinski definition) is 5. The van der Waals surface area contributed by atoms with E-state index in [2.05, 4.69) is 26.6 Å². The van der Waals surface area contributed by atoms with Gasteiger partial charge in [-0.05, 0) is 60.2 Å². The molecule has 4 rings (SSSR count). The number of fused-ring (bicyclic) bond motifs is 1. The van der Waals surface area contributed by atoms with Crippen LogP contribution in [0.25, 0.3) is 0 Å². The van der Waals surface area contributed by atoms with Crippen LogP contribution in [0.4, 0.5) is 16.2 Å². The van der Waals surface area contributed by atoms with E-state index in [1.54, 1.807) is 43.5 Å². The topological polar surface area (TPSA) is 105 Å². The number of urea groups is 1. The van der Waals surface area contributed by atoms with Crippen LogP contribution in [0.3, 0.4) is 0 Å². The summed E-state index contributed by atoms with van der Waals surface area (Å²) in [4.78, 5) is 22.9. The zero-order chi connectivity index (χ0) is 23.1. The monoisotopic (exact) mass is 516 g/mol. The number of Topliss-reactive ketones (excluding diaryl/α,β-unsaturated/α-hetero) is 1. The third-order valence-electron chi connectivity index (χ3n) is 4.75. The van der Waals surface area contributed by atoms with Crippen LogP contribution >= 0.6 is 27.5 Å². The van der Waals surface area contributed by atoms with Crippen molar-refractivity contribution in [3.63, 3.8) is 0 Å². The number of carbonyl (C=O) groups excluding carboxylic acids is 2. The Morgan fingerprint density at radius 1 is 1.12 bits per heavy atom. The highest BCUT2D eigenvalue weighted by Gasteiger charge is 2.25.